The summed E-state index contributed by atoms with van der Waals surface area (Å²) in [5.74, 6) is -0.260. The first-order valence-electron chi connectivity index (χ1n) is 7.37. The first-order valence-corrected chi connectivity index (χ1v) is 8.81. The quantitative estimate of drug-likeness (QED) is 0.704. The predicted molar refractivity (Wildman–Crippen MR) is 85.8 cm³/mol. The Morgan fingerprint density at radius 2 is 2.08 bits per heavy atom. The van der Waals surface area contributed by atoms with Crippen molar-refractivity contribution in [3.63, 3.8) is 0 Å². The zero-order valence-corrected chi connectivity index (χ0v) is 13.9. The maximum absolute atomic E-state index is 12.5. The third kappa shape index (κ3) is 2.49. The Bertz CT molecular complexity index is 1090. The molecule has 1 aliphatic rings. The fourth-order valence-electron chi connectivity index (χ4n) is 2.62. The molecular weight excluding hydrogens is 344 g/mol. The van der Waals surface area contributed by atoms with Crippen LogP contribution in [0.5, 0.6) is 0 Å². The van der Waals surface area contributed by atoms with Gasteiger partial charge in [-0.15, -0.1) is 0 Å². The molecule has 0 saturated heterocycles. The number of carbonyl (C=O) groups is 1. The first-order chi connectivity index (χ1) is 12.0. The van der Waals surface area contributed by atoms with E-state index in [4.69, 9.17) is 4.52 Å². The largest absolute Gasteiger partial charge is 0.337 e. The molecule has 2 aromatic heterocycles. The number of benzene rings is 1. The monoisotopic (exact) mass is 356 g/mol. The van der Waals surface area contributed by atoms with Crippen LogP contribution in [0.1, 0.15) is 21.8 Å². The summed E-state index contributed by atoms with van der Waals surface area (Å²) in [6.07, 6.45) is 2.53. The molecule has 0 bridgehead atoms. The molecule has 3 heterocycles. The lowest BCUT2D eigenvalue weighted by Gasteiger charge is -2.11. The van der Waals surface area contributed by atoms with E-state index in [1.165, 1.54) is 12.3 Å². The Kier molecular flexibility index (Phi) is 3.39. The van der Waals surface area contributed by atoms with E-state index >= 15 is 0 Å². The third-order valence-electron chi connectivity index (χ3n) is 3.83. The minimum Gasteiger partial charge on any atom is -0.337 e. The van der Waals surface area contributed by atoms with Gasteiger partial charge in [-0.05, 0) is 19.1 Å². The van der Waals surface area contributed by atoms with Crippen LogP contribution in [-0.2, 0) is 16.6 Å². The summed E-state index contributed by atoms with van der Waals surface area (Å²) in [5.41, 5.74) is 1.87. The maximum Gasteiger partial charge on any atom is 0.269 e. The molecule has 0 atom stereocenters. The van der Waals surface area contributed by atoms with Gasteiger partial charge in [-0.25, -0.2) is 12.7 Å². The highest BCUT2D eigenvalue weighted by molar-refractivity contribution is 7.90. The average Bonchev–Trinajstić information content (AvgIpc) is 3.14. The number of hydrogen-bond donors (Lipinski definition) is 0. The molecule has 8 nitrogen and oxygen atoms in total. The van der Waals surface area contributed by atoms with Gasteiger partial charge in [0.05, 0.1) is 5.56 Å². The van der Waals surface area contributed by atoms with E-state index in [1.807, 2.05) is 31.2 Å². The Hall–Kier alpha value is -3.07. The predicted octanol–water partition coefficient (Wildman–Crippen LogP) is 1.78. The third-order valence-corrected chi connectivity index (χ3v) is 5.59. The lowest BCUT2D eigenvalue weighted by Crippen LogP contribution is -2.29. The molecule has 0 saturated carbocycles. The van der Waals surface area contributed by atoms with Gasteiger partial charge in [0, 0.05) is 18.0 Å². The van der Waals surface area contributed by atoms with E-state index in [1.54, 1.807) is 0 Å². The van der Waals surface area contributed by atoms with Crippen LogP contribution < -0.4 is 0 Å². The van der Waals surface area contributed by atoms with Gasteiger partial charge in [0.15, 0.2) is 0 Å². The number of nitrogens with zero attached hydrogens (tertiary/aromatic N) is 4. The lowest BCUT2D eigenvalue weighted by molar-refractivity contribution is 0.0855. The highest BCUT2D eigenvalue weighted by atomic mass is 32.2. The smallest absolute Gasteiger partial charge is 0.269 e. The minimum absolute atomic E-state index is 0.0363. The summed E-state index contributed by atoms with van der Waals surface area (Å²) >= 11 is 0. The van der Waals surface area contributed by atoms with Crippen LogP contribution in [0.15, 0.2) is 52.1 Å². The van der Waals surface area contributed by atoms with E-state index < -0.39 is 15.9 Å². The molecule has 25 heavy (non-hydrogen) atoms. The van der Waals surface area contributed by atoms with Crippen molar-refractivity contribution in [2.45, 2.75) is 18.4 Å². The molecule has 0 fully saturated rings. The normalized spacial score (nSPS) is 15.4. The minimum atomic E-state index is -3.96. The Morgan fingerprint density at radius 3 is 2.84 bits per heavy atom. The van der Waals surface area contributed by atoms with Crippen LogP contribution in [0, 0.1) is 6.92 Å². The highest BCUT2D eigenvalue weighted by Crippen LogP contribution is 2.30. The molecule has 0 aliphatic carbocycles. The lowest BCUT2D eigenvalue weighted by atomic mass is 10.1. The zero-order valence-electron chi connectivity index (χ0n) is 13.1. The second kappa shape index (κ2) is 5.49. The van der Waals surface area contributed by atoms with Crippen LogP contribution in [0.25, 0.3) is 11.4 Å². The molecule has 1 aromatic carbocycles. The van der Waals surface area contributed by atoms with Gasteiger partial charge >= 0.3 is 0 Å². The number of rotatable bonds is 3. The van der Waals surface area contributed by atoms with Crippen molar-refractivity contribution in [1.82, 2.24) is 19.4 Å². The number of amides is 1. The topological polar surface area (TPSA) is 106 Å². The molecule has 0 radical (unpaired) electrons. The van der Waals surface area contributed by atoms with Gasteiger partial charge in [0.1, 0.15) is 11.4 Å². The number of sulfonamides is 1. The van der Waals surface area contributed by atoms with E-state index in [0.717, 1.165) is 17.3 Å². The number of fused-ring (bicyclic) bond motifs is 1. The number of pyridine rings is 1. The van der Waals surface area contributed by atoms with Crippen molar-refractivity contribution in [3.05, 3.63) is 59.7 Å². The molecule has 1 aliphatic heterocycles. The van der Waals surface area contributed by atoms with Gasteiger partial charge in [-0.1, -0.05) is 28.9 Å². The van der Waals surface area contributed by atoms with Gasteiger partial charge in [-0.3, -0.25) is 9.78 Å². The van der Waals surface area contributed by atoms with Gasteiger partial charge in [0.2, 0.25) is 11.7 Å². The fraction of sp³-hybridized carbons (Fsp3) is 0.125. The SMILES string of the molecule is Cc1cccc(-c2noc(CN3C(=O)c4ccncc4S3(=O)=O)n2)c1. The van der Waals surface area contributed by atoms with Gasteiger partial charge in [0.25, 0.3) is 15.9 Å². The number of carbonyl (C=O) groups excluding carboxylic acids is 1. The summed E-state index contributed by atoms with van der Waals surface area (Å²) in [6.45, 7) is 1.61. The van der Waals surface area contributed by atoms with Crippen LogP contribution in [-0.4, -0.2) is 33.8 Å². The van der Waals surface area contributed by atoms with E-state index in [-0.39, 0.29) is 22.9 Å². The first kappa shape index (κ1) is 15.5. The molecule has 4 rings (SSSR count). The Morgan fingerprint density at radius 1 is 1.24 bits per heavy atom. The van der Waals surface area contributed by atoms with Crippen molar-refractivity contribution in [2.75, 3.05) is 0 Å². The Labute approximate surface area is 143 Å². The molecule has 0 N–H and O–H groups in total. The molecular formula is C16H12N4O4S. The van der Waals surface area contributed by atoms with Crippen molar-refractivity contribution < 1.29 is 17.7 Å². The molecule has 0 unspecified atom stereocenters. The zero-order chi connectivity index (χ0) is 17.6. The summed E-state index contributed by atoms with van der Waals surface area (Å²) in [6, 6.07) is 8.88. The van der Waals surface area contributed by atoms with Crippen molar-refractivity contribution >= 4 is 15.9 Å². The van der Waals surface area contributed by atoms with Crippen LogP contribution >= 0.6 is 0 Å². The second-order valence-corrected chi connectivity index (χ2v) is 7.40. The summed E-state index contributed by atoms with van der Waals surface area (Å²) in [7, 11) is -3.96. The standard InChI is InChI=1S/C16H12N4O4S/c1-10-3-2-4-11(7-10)15-18-14(24-19-15)9-20-16(21)12-5-6-17-8-13(12)25(20,22)23/h2-8H,9H2,1H3. The molecule has 3 aromatic rings. The van der Waals surface area contributed by atoms with E-state index in [2.05, 4.69) is 15.1 Å². The van der Waals surface area contributed by atoms with Crippen molar-refractivity contribution in [2.24, 2.45) is 0 Å². The van der Waals surface area contributed by atoms with E-state index in [0.29, 0.717) is 10.1 Å². The number of hydrogen-bond acceptors (Lipinski definition) is 7. The van der Waals surface area contributed by atoms with E-state index in [9.17, 15) is 13.2 Å². The second-order valence-electron chi connectivity index (χ2n) is 5.57. The maximum atomic E-state index is 12.5. The molecule has 126 valence electrons. The number of aromatic nitrogens is 3. The molecule has 1 amide bonds. The fourth-order valence-corrected chi connectivity index (χ4v) is 4.09. The van der Waals surface area contributed by atoms with Crippen molar-refractivity contribution in [1.29, 1.82) is 0 Å². The van der Waals surface area contributed by atoms with Crippen LogP contribution in [0.3, 0.4) is 0 Å². The summed E-state index contributed by atoms with van der Waals surface area (Å²) in [4.78, 5) is 20.2. The van der Waals surface area contributed by atoms with Crippen LogP contribution in [0.4, 0.5) is 0 Å². The highest BCUT2D eigenvalue weighted by Gasteiger charge is 2.42. The molecule has 0 spiro atoms. The van der Waals surface area contributed by atoms with Gasteiger partial charge in [-0.2, -0.15) is 4.98 Å². The summed E-state index contributed by atoms with van der Waals surface area (Å²) < 4.78 is 30.8. The van der Waals surface area contributed by atoms with Crippen LogP contribution in [0.2, 0.25) is 0 Å². The average molecular weight is 356 g/mol. The Balaban J connectivity index is 1.65. The van der Waals surface area contributed by atoms with Crippen molar-refractivity contribution in [3.8, 4) is 11.4 Å². The van der Waals surface area contributed by atoms with Gasteiger partial charge < -0.3 is 4.52 Å². The summed E-state index contributed by atoms with van der Waals surface area (Å²) in [5, 5.41) is 3.86. The molecule has 9 heteroatoms. The number of aryl methyl sites for hydroxylation is 1.